The summed E-state index contributed by atoms with van der Waals surface area (Å²) in [6.07, 6.45) is 1.71. The van der Waals surface area contributed by atoms with Crippen LogP contribution in [0.5, 0.6) is 5.88 Å². The Balaban J connectivity index is 2.17. The summed E-state index contributed by atoms with van der Waals surface area (Å²) in [5.41, 5.74) is 0.736. The van der Waals surface area contributed by atoms with Crippen molar-refractivity contribution in [2.45, 2.75) is 0 Å². The van der Waals surface area contributed by atoms with Crippen molar-refractivity contribution in [3.05, 3.63) is 18.3 Å². The second kappa shape index (κ2) is 4.06. The van der Waals surface area contributed by atoms with E-state index in [9.17, 15) is 0 Å². The molecule has 0 spiro atoms. The maximum absolute atomic E-state index is 5.39. The third-order valence-electron chi connectivity index (χ3n) is 1.83. The summed E-state index contributed by atoms with van der Waals surface area (Å²) in [7, 11) is 1.63. The molecule has 0 atom stereocenters. The molecule has 0 aliphatic carbocycles. The molecule has 5 nitrogen and oxygen atoms in total. The molecule has 0 aliphatic rings. The Bertz CT molecular complexity index is 413. The Hall–Kier alpha value is -1.62. The fourth-order valence-electron chi connectivity index (χ4n) is 1.16. The lowest BCUT2D eigenvalue weighted by Gasteiger charge is -2.00. The van der Waals surface area contributed by atoms with Crippen molar-refractivity contribution in [3.63, 3.8) is 0 Å². The molecule has 0 aliphatic heterocycles. The van der Waals surface area contributed by atoms with E-state index in [2.05, 4.69) is 15.2 Å². The Morgan fingerprint density at radius 2 is 2.36 bits per heavy atom. The zero-order valence-electron chi connectivity index (χ0n) is 7.86. The second-order valence-electron chi connectivity index (χ2n) is 2.77. The van der Waals surface area contributed by atoms with Gasteiger partial charge in [0.2, 0.25) is 5.88 Å². The smallest absolute Gasteiger partial charge is 0.242 e. The number of hydrogen-bond acceptors (Lipinski definition) is 4. The van der Waals surface area contributed by atoms with Crippen molar-refractivity contribution in [3.8, 4) is 5.88 Å². The number of nitrogens with zero attached hydrogens (tertiary/aromatic N) is 2. The zero-order valence-corrected chi connectivity index (χ0v) is 7.86. The molecule has 1 N–H and O–H groups in total. The summed E-state index contributed by atoms with van der Waals surface area (Å²) in [6, 6.07) is 3.76. The molecule has 74 valence electrons. The van der Waals surface area contributed by atoms with E-state index in [1.807, 2.05) is 12.1 Å². The SMILES string of the molecule is COCCOc1n[nH]c2ncccc12. The van der Waals surface area contributed by atoms with Crippen LogP contribution >= 0.6 is 0 Å². The largest absolute Gasteiger partial charge is 0.474 e. The Morgan fingerprint density at radius 3 is 3.21 bits per heavy atom. The predicted molar refractivity (Wildman–Crippen MR) is 51.3 cm³/mol. The van der Waals surface area contributed by atoms with Crippen molar-refractivity contribution in [1.29, 1.82) is 0 Å². The maximum atomic E-state index is 5.39. The van der Waals surface area contributed by atoms with Gasteiger partial charge in [-0.05, 0) is 12.1 Å². The summed E-state index contributed by atoms with van der Waals surface area (Å²) in [6.45, 7) is 1.04. The number of methoxy groups -OCH3 is 1. The molecule has 0 saturated carbocycles. The molecule has 0 unspecified atom stereocenters. The minimum atomic E-state index is 0.491. The van der Waals surface area contributed by atoms with Gasteiger partial charge in [-0.3, -0.25) is 5.10 Å². The minimum Gasteiger partial charge on any atom is -0.474 e. The fourth-order valence-corrected chi connectivity index (χ4v) is 1.16. The standard InChI is InChI=1S/C9H11N3O2/c1-13-5-6-14-9-7-3-2-4-10-8(7)11-12-9/h2-4H,5-6H2,1H3,(H,10,11,12). The summed E-state index contributed by atoms with van der Waals surface area (Å²) >= 11 is 0. The topological polar surface area (TPSA) is 60.0 Å². The van der Waals surface area contributed by atoms with Crippen LogP contribution < -0.4 is 4.74 Å². The maximum Gasteiger partial charge on any atom is 0.242 e. The number of pyridine rings is 1. The van der Waals surface area contributed by atoms with Crippen molar-refractivity contribution >= 4 is 11.0 Å². The van der Waals surface area contributed by atoms with Crippen molar-refractivity contribution < 1.29 is 9.47 Å². The van der Waals surface area contributed by atoms with Gasteiger partial charge in [0.25, 0.3) is 0 Å². The summed E-state index contributed by atoms with van der Waals surface area (Å²) < 4.78 is 10.3. The van der Waals surface area contributed by atoms with E-state index in [-0.39, 0.29) is 0 Å². The van der Waals surface area contributed by atoms with E-state index in [1.165, 1.54) is 0 Å². The van der Waals surface area contributed by atoms with Crippen molar-refractivity contribution in [2.75, 3.05) is 20.3 Å². The van der Waals surface area contributed by atoms with Crippen LogP contribution in [0.2, 0.25) is 0 Å². The Morgan fingerprint density at radius 1 is 1.43 bits per heavy atom. The van der Waals surface area contributed by atoms with Crippen LogP contribution in [-0.4, -0.2) is 35.5 Å². The summed E-state index contributed by atoms with van der Waals surface area (Å²) in [4.78, 5) is 4.10. The van der Waals surface area contributed by atoms with Crippen LogP contribution in [0.25, 0.3) is 11.0 Å². The van der Waals surface area contributed by atoms with Gasteiger partial charge in [0.05, 0.1) is 12.0 Å². The molecule has 0 fully saturated rings. The third-order valence-corrected chi connectivity index (χ3v) is 1.83. The molecular weight excluding hydrogens is 182 g/mol. The van der Waals surface area contributed by atoms with Crippen LogP contribution in [0, 0.1) is 0 Å². The van der Waals surface area contributed by atoms with E-state index < -0.39 is 0 Å². The summed E-state index contributed by atoms with van der Waals surface area (Å²) in [5, 5.41) is 7.68. The van der Waals surface area contributed by atoms with Gasteiger partial charge in [0.15, 0.2) is 5.65 Å². The van der Waals surface area contributed by atoms with E-state index in [0.717, 1.165) is 11.0 Å². The van der Waals surface area contributed by atoms with Crippen LogP contribution in [0.4, 0.5) is 0 Å². The molecule has 2 rings (SSSR count). The molecule has 2 aromatic rings. The lowest BCUT2D eigenvalue weighted by molar-refractivity contribution is 0.144. The Kier molecular flexibility index (Phi) is 2.60. The van der Waals surface area contributed by atoms with E-state index >= 15 is 0 Å². The van der Waals surface area contributed by atoms with Gasteiger partial charge < -0.3 is 9.47 Å². The van der Waals surface area contributed by atoms with Crippen LogP contribution in [-0.2, 0) is 4.74 Å². The molecule has 0 bridgehead atoms. The third kappa shape index (κ3) is 1.67. The van der Waals surface area contributed by atoms with Gasteiger partial charge in [0.1, 0.15) is 6.61 Å². The monoisotopic (exact) mass is 193 g/mol. The highest BCUT2D eigenvalue weighted by atomic mass is 16.5. The highest BCUT2D eigenvalue weighted by Crippen LogP contribution is 2.19. The molecule has 14 heavy (non-hydrogen) atoms. The molecule has 0 aromatic carbocycles. The van der Waals surface area contributed by atoms with Gasteiger partial charge in [-0.2, -0.15) is 0 Å². The number of aromatic nitrogens is 3. The zero-order chi connectivity index (χ0) is 9.80. The number of nitrogens with one attached hydrogen (secondary N) is 1. The van der Waals surface area contributed by atoms with Gasteiger partial charge in [-0.25, -0.2) is 4.98 Å². The average molecular weight is 193 g/mol. The summed E-state index contributed by atoms with van der Waals surface area (Å²) in [5.74, 6) is 0.574. The van der Waals surface area contributed by atoms with Crippen LogP contribution in [0.1, 0.15) is 0 Å². The highest BCUT2D eigenvalue weighted by Gasteiger charge is 2.05. The van der Waals surface area contributed by atoms with E-state index in [1.54, 1.807) is 13.3 Å². The van der Waals surface area contributed by atoms with Gasteiger partial charge >= 0.3 is 0 Å². The molecule has 0 saturated heterocycles. The van der Waals surface area contributed by atoms with Crippen LogP contribution in [0.3, 0.4) is 0 Å². The highest BCUT2D eigenvalue weighted by molar-refractivity contribution is 5.80. The molecule has 5 heteroatoms. The van der Waals surface area contributed by atoms with Gasteiger partial charge in [0, 0.05) is 13.3 Å². The van der Waals surface area contributed by atoms with Gasteiger partial charge in [-0.15, -0.1) is 5.10 Å². The number of aromatic amines is 1. The average Bonchev–Trinajstić information content (AvgIpc) is 2.63. The number of fused-ring (bicyclic) bond motifs is 1. The van der Waals surface area contributed by atoms with Gasteiger partial charge in [-0.1, -0.05) is 0 Å². The predicted octanol–water partition coefficient (Wildman–Crippen LogP) is 0.983. The lowest BCUT2D eigenvalue weighted by Crippen LogP contribution is -2.04. The minimum absolute atomic E-state index is 0.491. The quantitative estimate of drug-likeness (QED) is 0.735. The van der Waals surface area contributed by atoms with Crippen LogP contribution in [0.15, 0.2) is 18.3 Å². The molecule has 2 aromatic heterocycles. The normalized spacial score (nSPS) is 10.6. The Labute approximate surface area is 81.1 Å². The molecule has 0 amide bonds. The molecular formula is C9H11N3O2. The molecule has 0 radical (unpaired) electrons. The van der Waals surface area contributed by atoms with E-state index in [0.29, 0.717) is 19.1 Å². The first kappa shape index (κ1) is 8.96. The number of hydrogen-bond donors (Lipinski definition) is 1. The van der Waals surface area contributed by atoms with Crippen molar-refractivity contribution in [2.24, 2.45) is 0 Å². The van der Waals surface area contributed by atoms with E-state index in [4.69, 9.17) is 9.47 Å². The number of rotatable bonds is 4. The lowest BCUT2D eigenvalue weighted by atomic mass is 10.3. The number of H-pyrrole nitrogens is 1. The first-order chi connectivity index (χ1) is 6.92. The first-order valence-corrected chi connectivity index (χ1v) is 4.32. The molecule has 2 heterocycles. The fraction of sp³-hybridized carbons (Fsp3) is 0.333. The first-order valence-electron chi connectivity index (χ1n) is 4.32. The number of ether oxygens (including phenoxy) is 2. The second-order valence-corrected chi connectivity index (χ2v) is 2.77. The van der Waals surface area contributed by atoms with Crippen molar-refractivity contribution in [1.82, 2.24) is 15.2 Å².